The average Bonchev–Trinajstić information content (AvgIpc) is 3.32. The summed E-state index contributed by atoms with van der Waals surface area (Å²) in [7, 11) is 0. The van der Waals surface area contributed by atoms with Crippen molar-refractivity contribution < 1.29 is 24.2 Å². The van der Waals surface area contributed by atoms with Gasteiger partial charge in [0.1, 0.15) is 6.61 Å². The van der Waals surface area contributed by atoms with Gasteiger partial charge in [0.25, 0.3) is 0 Å². The number of allylic oxidation sites excluding steroid dienone is 10. The van der Waals surface area contributed by atoms with Gasteiger partial charge in [0.2, 0.25) is 0 Å². The minimum atomic E-state index is -0.768. The van der Waals surface area contributed by atoms with E-state index < -0.39 is 6.10 Å². The lowest BCUT2D eigenvalue weighted by atomic mass is 10.0. The molecule has 0 heterocycles. The molecule has 66 heavy (non-hydrogen) atoms. The lowest BCUT2D eigenvalue weighted by Gasteiger charge is -2.15. The Morgan fingerprint density at radius 1 is 0.364 bits per heavy atom. The van der Waals surface area contributed by atoms with Gasteiger partial charge in [-0.1, -0.05) is 286 Å². The van der Waals surface area contributed by atoms with E-state index in [2.05, 4.69) is 74.6 Å². The highest BCUT2D eigenvalue weighted by Gasteiger charge is 2.16. The van der Waals surface area contributed by atoms with Crippen LogP contribution in [0.5, 0.6) is 0 Å². The number of esters is 2. The van der Waals surface area contributed by atoms with Gasteiger partial charge in [-0.25, -0.2) is 0 Å². The highest BCUT2D eigenvalue weighted by atomic mass is 16.6. The third-order valence-electron chi connectivity index (χ3n) is 12.8. The van der Waals surface area contributed by atoms with Crippen LogP contribution in [0.3, 0.4) is 0 Å². The molecule has 0 saturated carbocycles. The van der Waals surface area contributed by atoms with Gasteiger partial charge in [-0.3, -0.25) is 9.59 Å². The maximum Gasteiger partial charge on any atom is 0.306 e. The molecule has 0 aliphatic rings. The lowest BCUT2D eigenvalue weighted by Crippen LogP contribution is -2.28. The Morgan fingerprint density at radius 2 is 0.652 bits per heavy atom. The van der Waals surface area contributed by atoms with E-state index in [1.807, 2.05) is 0 Å². The fourth-order valence-corrected chi connectivity index (χ4v) is 8.53. The Morgan fingerprint density at radius 3 is 0.985 bits per heavy atom. The van der Waals surface area contributed by atoms with Crippen LogP contribution >= 0.6 is 0 Å². The molecule has 384 valence electrons. The first kappa shape index (κ1) is 63.6. The summed E-state index contributed by atoms with van der Waals surface area (Å²) in [6.45, 7) is 4.06. The van der Waals surface area contributed by atoms with Gasteiger partial charge < -0.3 is 14.6 Å². The van der Waals surface area contributed by atoms with Crippen molar-refractivity contribution in [3.63, 3.8) is 0 Å². The van der Waals surface area contributed by atoms with Gasteiger partial charge in [0.05, 0.1) is 6.61 Å². The van der Waals surface area contributed by atoms with Gasteiger partial charge in [0.15, 0.2) is 6.10 Å². The minimum absolute atomic E-state index is 0.0604. The van der Waals surface area contributed by atoms with E-state index in [4.69, 9.17) is 9.47 Å². The molecular formula is C61H110O5. The highest BCUT2D eigenvalue weighted by Crippen LogP contribution is 2.17. The molecule has 0 saturated heterocycles. The zero-order valence-electron chi connectivity index (χ0n) is 44.0. The normalized spacial score (nSPS) is 12.6. The molecule has 0 amide bonds. The van der Waals surface area contributed by atoms with Gasteiger partial charge in [0, 0.05) is 12.8 Å². The molecule has 0 fully saturated rings. The summed E-state index contributed by atoms with van der Waals surface area (Å²) in [4.78, 5) is 24.5. The van der Waals surface area contributed by atoms with Crippen molar-refractivity contribution in [2.45, 2.75) is 302 Å². The van der Waals surface area contributed by atoms with Gasteiger partial charge in [-0.2, -0.15) is 0 Å². The van der Waals surface area contributed by atoms with Gasteiger partial charge in [-0.05, 0) is 57.8 Å². The smallest absolute Gasteiger partial charge is 0.306 e. The molecule has 5 heteroatoms. The van der Waals surface area contributed by atoms with Gasteiger partial charge in [-0.15, -0.1) is 0 Å². The van der Waals surface area contributed by atoms with E-state index in [9.17, 15) is 14.7 Å². The van der Waals surface area contributed by atoms with Crippen molar-refractivity contribution in [2.24, 2.45) is 0 Å². The molecule has 0 aromatic rings. The van der Waals surface area contributed by atoms with Crippen molar-refractivity contribution in [1.82, 2.24) is 0 Å². The molecule has 0 aliphatic heterocycles. The number of hydrogen-bond acceptors (Lipinski definition) is 5. The summed E-state index contributed by atoms with van der Waals surface area (Å²) >= 11 is 0. The van der Waals surface area contributed by atoms with E-state index in [0.29, 0.717) is 12.8 Å². The Bertz CT molecular complexity index is 1130. The second-order valence-corrected chi connectivity index (χ2v) is 19.3. The van der Waals surface area contributed by atoms with Crippen LogP contribution in [0.25, 0.3) is 0 Å². The summed E-state index contributed by atoms with van der Waals surface area (Å²) in [5.74, 6) is -0.574. The first-order valence-electron chi connectivity index (χ1n) is 28.8. The van der Waals surface area contributed by atoms with Crippen LogP contribution in [0.4, 0.5) is 0 Å². The first-order chi connectivity index (χ1) is 32.6. The van der Waals surface area contributed by atoms with Crippen LogP contribution in [0.15, 0.2) is 60.8 Å². The highest BCUT2D eigenvalue weighted by molar-refractivity contribution is 5.70. The van der Waals surface area contributed by atoms with E-state index in [0.717, 1.165) is 70.6 Å². The van der Waals surface area contributed by atoms with Crippen molar-refractivity contribution in [3.8, 4) is 0 Å². The predicted molar refractivity (Wildman–Crippen MR) is 288 cm³/mol. The van der Waals surface area contributed by atoms with E-state index in [1.54, 1.807) is 0 Å². The fourth-order valence-electron chi connectivity index (χ4n) is 8.53. The number of aliphatic hydroxyl groups excluding tert-OH is 1. The summed E-state index contributed by atoms with van der Waals surface area (Å²) < 4.78 is 10.7. The first-order valence-corrected chi connectivity index (χ1v) is 28.8. The second kappa shape index (κ2) is 56.9. The third-order valence-corrected chi connectivity index (χ3v) is 12.8. The van der Waals surface area contributed by atoms with Crippen LogP contribution in [0.1, 0.15) is 296 Å². The van der Waals surface area contributed by atoms with Crippen LogP contribution in [0, 0.1) is 0 Å². The number of rotatable bonds is 53. The van der Waals surface area contributed by atoms with Crippen molar-refractivity contribution >= 4 is 11.9 Å². The van der Waals surface area contributed by atoms with Crippen LogP contribution in [-0.4, -0.2) is 36.4 Å². The molecule has 1 unspecified atom stereocenters. The molecule has 0 aromatic heterocycles. The number of hydrogen-bond donors (Lipinski definition) is 1. The molecule has 0 aliphatic carbocycles. The Kier molecular flexibility index (Phi) is 54.9. The van der Waals surface area contributed by atoms with Crippen molar-refractivity contribution in [1.29, 1.82) is 0 Å². The van der Waals surface area contributed by atoms with Crippen LogP contribution in [-0.2, 0) is 19.1 Å². The topological polar surface area (TPSA) is 72.8 Å². The summed E-state index contributed by atoms with van der Waals surface area (Å²) in [6.07, 6.45) is 76.4. The third kappa shape index (κ3) is 54.2. The maximum absolute atomic E-state index is 12.3. The number of unbranched alkanes of at least 4 members (excludes halogenated alkanes) is 35. The predicted octanol–water partition coefficient (Wildman–Crippen LogP) is 19.4. The van der Waals surface area contributed by atoms with E-state index in [-0.39, 0.29) is 25.2 Å². The Hall–Kier alpha value is -2.40. The molecule has 0 aromatic carbocycles. The monoisotopic (exact) mass is 923 g/mol. The minimum Gasteiger partial charge on any atom is -0.462 e. The molecule has 1 atom stereocenters. The van der Waals surface area contributed by atoms with E-state index >= 15 is 0 Å². The molecule has 0 rings (SSSR count). The molecular weight excluding hydrogens is 813 g/mol. The second-order valence-electron chi connectivity index (χ2n) is 19.3. The standard InChI is InChI=1S/C61H110O5/c1-3-5-7-9-11-13-15-17-19-20-21-22-23-24-25-26-27-28-29-30-31-32-33-34-35-36-37-38-39-40-42-44-46-48-50-52-54-56-61(64)66-59(57-62)58-65-60(63)55-53-51-49-47-45-43-41-18-16-14-12-10-8-6-4-2/h5,7,11,13,17,19,21-22,24-25,59,62H,3-4,6,8-10,12,14-16,18,20,23,26-58H2,1-2H3/b7-5-,13-11-,19-17-,22-21-,25-24-. The maximum atomic E-state index is 12.3. The van der Waals surface area contributed by atoms with Crippen molar-refractivity contribution in [2.75, 3.05) is 13.2 Å². The zero-order valence-corrected chi connectivity index (χ0v) is 44.0. The fraction of sp³-hybridized carbons (Fsp3) is 0.803. The molecule has 0 bridgehead atoms. The number of aliphatic hydroxyl groups is 1. The average molecular weight is 924 g/mol. The van der Waals surface area contributed by atoms with Gasteiger partial charge >= 0.3 is 11.9 Å². The van der Waals surface area contributed by atoms with E-state index in [1.165, 1.54) is 199 Å². The summed E-state index contributed by atoms with van der Waals surface area (Å²) in [5, 5.41) is 9.64. The summed E-state index contributed by atoms with van der Waals surface area (Å²) in [6, 6.07) is 0. The largest absolute Gasteiger partial charge is 0.462 e. The zero-order chi connectivity index (χ0) is 47.7. The number of carbonyl (C=O) groups excluding carboxylic acids is 2. The molecule has 5 nitrogen and oxygen atoms in total. The van der Waals surface area contributed by atoms with Crippen molar-refractivity contribution in [3.05, 3.63) is 60.8 Å². The quantitative estimate of drug-likeness (QED) is 0.0374. The lowest BCUT2D eigenvalue weighted by molar-refractivity contribution is -0.161. The summed E-state index contributed by atoms with van der Waals surface area (Å²) in [5.41, 5.74) is 0. The number of carbonyl (C=O) groups is 2. The molecule has 0 spiro atoms. The molecule has 1 N–H and O–H groups in total. The van der Waals surface area contributed by atoms with Crippen LogP contribution in [0.2, 0.25) is 0 Å². The Labute approximate surface area is 411 Å². The SMILES string of the molecule is CC/C=C\C/C=C\C/C=C\C/C=C\C/C=C\CCCCCCCCCCCCCCCCCCCCCCCC(=O)OC(CO)COC(=O)CCCCCCCCCCCCCCCCC. The number of ether oxygens (including phenoxy) is 2. The Balaban J connectivity index is 3.41. The molecule has 0 radical (unpaired) electrons. The van der Waals surface area contributed by atoms with Crippen LogP contribution < -0.4 is 0 Å².